The third-order valence-electron chi connectivity index (χ3n) is 2.20. The molecule has 0 aliphatic rings. The highest BCUT2D eigenvalue weighted by atomic mass is 32.2. The first-order chi connectivity index (χ1) is 9.42. The van der Waals surface area contributed by atoms with Crippen molar-refractivity contribution in [1.82, 2.24) is 30.8 Å². The fourth-order valence-electron chi connectivity index (χ4n) is 1.31. The summed E-state index contributed by atoms with van der Waals surface area (Å²) in [5, 5.41) is 18.0. The van der Waals surface area contributed by atoms with Crippen molar-refractivity contribution in [2.24, 2.45) is 0 Å². The lowest BCUT2D eigenvalue weighted by Crippen LogP contribution is -2.38. The van der Waals surface area contributed by atoms with E-state index < -0.39 is 0 Å². The Morgan fingerprint density at radius 1 is 1.50 bits per heavy atom. The molecule has 1 heterocycles. The molecule has 0 saturated carbocycles. The molecule has 0 radical (unpaired) electrons. The minimum absolute atomic E-state index is 0.0520. The lowest BCUT2D eigenvalue weighted by atomic mass is 10.1. The number of hydrogen-bond acceptors (Lipinski definition) is 6. The second kappa shape index (κ2) is 7.87. The SMILES string of the molecule is C#CCNC(=O)CSc1nnnn1CCNC(C)(C)C. The number of amides is 1. The third kappa shape index (κ3) is 6.54. The molecule has 20 heavy (non-hydrogen) atoms. The number of thioether (sulfide) groups is 1. The van der Waals surface area contributed by atoms with Crippen LogP contribution in [0, 0.1) is 12.3 Å². The number of carbonyl (C=O) groups is 1. The molecule has 0 atom stereocenters. The van der Waals surface area contributed by atoms with Gasteiger partial charge in [0.05, 0.1) is 18.8 Å². The number of nitrogens with one attached hydrogen (secondary N) is 2. The summed E-state index contributed by atoms with van der Waals surface area (Å²) in [7, 11) is 0. The Hall–Kier alpha value is -1.59. The quantitative estimate of drug-likeness (QED) is 0.540. The van der Waals surface area contributed by atoms with E-state index in [1.807, 2.05) is 0 Å². The summed E-state index contributed by atoms with van der Waals surface area (Å²) in [5.41, 5.74) is 0.0520. The highest BCUT2D eigenvalue weighted by Gasteiger charge is 2.11. The van der Waals surface area contributed by atoms with E-state index >= 15 is 0 Å². The van der Waals surface area contributed by atoms with Gasteiger partial charge in [0.25, 0.3) is 0 Å². The summed E-state index contributed by atoms with van der Waals surface area (Å²) in [6, 6.07) is 0. The maximum atomic E-state index is 11.4. The minimum atomic E-state index is -0.129. The number of aromatic nitrogens is 4. The predicted molar refractivity (Wildman–Crippen MR) is 78.1 cm³/mol. The Morgan fingerprint density at radius 2 is 2.25 bits per heavy atom. The highest BCUT2D eigenvalue weighted by Crippen LogP contribution is 2.12. The molecule has 0 aliphatic carbocycles. The van der Waals surface area contributed by atoms with Gasteiger partial charge in [-0.1, -0.05) is 17.7 Å². The van der Waals surface area contributed by atoms with E-state index in [4.69, 9.17) is 6.42 Å². The summed E-state index contributed by atoms with van der Waals surface area (Å²) in [6.07, 6.45) is 5.07. The largest absolute Gasteiger partial charge is 0.344 e. The van der Waals surface area contributed by atoms with Crippen LogP contribution >= 0.6 is 11.8 Å². The monoisotopic (exact) mass is 296 g/mol. The van der Waals surface area contributed by atoms with Gasteiger partial charge in [0.2, 0.25) is 11.1 Å². The van der Waals surface area contributed by atoms with Crippen molar-refractivity contribution in [2.75, 3.05) is 18.8 Å². The van der Waals surface area contributed by atoms with Gasteiger partial charge in [-0.05, 0) is 31.2 Å². The zero-order valence-electron chi connectivity index (χ0n) is 12.0. The van der Waals surface area contributed by atoms with Gasteiger partial charge >= 0.3 is 0 Å². The van der Waals surface area contributed by atoms with Crippen molar-refractivity contribution in [1.29, 1.82) is 0 Å². The van der Waals surface area contributed by atoms with Gasteiger partial charge in [-0.2, -0.15) is 0 Å². The fraction of sp³-hybridized carbons (Fsp3) is 0.667. The van der Waals surface area contributed by atoms with Crippen LogP contribution in [0.4, 0.5) is 0 Å². The summed E-state index contributed by atoms with van der Waals surface area (Å²) < 4.78 is 1.68. The molecule has 1 aromatic rings. The Kier molecular flexibility index (Phi) is 6.48. The molecule has 0 aromatic carbocycles. The molecular formula is C12H20N6OS. The van der Waals surface area contributed by atoms with Crippen LogP contribution < -0.4 is 10.6 Å². The van der Waals surface area contributed by atoms with Crippen LogP contribution in [-0.4, -0.2) is 50.5 Å². The first-order valence-electron chi connectivity index (χ1n) is 6.26. The van der Waals surface area contributed by atoms with Crippen LogP contribution in [0.1, 0.15) is 20.8 Å². The normalized spacial score (nSPS) is 11.1. The van der Waals surface area contributed by atoms with Gasteiger partial charge < -0.3 is 10.6 Å². The van der Waals surface area contributed by atoms with E-state index in [0.717, 1.165) is 6.54 Å². The van der Waals surface area contributed by atoms with Gasteiger partial charge in [0.1, 0.15) is 0 Å². The van der Waals surface area contributed by atoms with Crippen molar-refractivity contribution in [2.45, 2.75) is 38.0 Å². The van der Waals surface area contributed by atoms with Crippen LogP contribution in [0.15, 0.2) is 5.16 Å². The zero-order chi connectivity index (χ0) is 15.0. The predicted octanol–water partition coefficient (Wildman–Crippen LogP) is -0.0973. The van der Waals surface area contributed by atoms with E-state index in [0.29, 0.717) is 11.7 Å². The number of nitrogens with zero attached hydrogens (tertiary/aromatic N) is 4. The Labute approximate surface area is 123 Å². The average molecular weight is 296 g/mol. The Morgan fingerprint density at radius 3 is 2.90 bits per heavy atom. The number of carbonyl (C=O) groups excluding carboxylic acids is 1. The molecule has 0 aliphatic heterocycles. The van der Waals surface area contributed by atoms with Crippen molar-refractivity contribution < 1.29 is 4.79 Å². The molecule has 0 fully saturated rings. The first kappa shape index (κ1) is 16.5. The zero-order valence-corrected chi connectivity index (χ0v) is 12.8. The van der Waals surface area contributed by atoms with Crippen LogP contribution in [-0.2, 0) is 11.3 Å². The number of hydrogen-bond donors (Lipinski definition) is 2. The van der Waals surface area contributed by atoms with Gasteiger partial charge in [0.15, 0.2) is 0 Å². The molecular weight excluding hydrogens is 276 g/mol. The van der Waals surface area contributed by atoms with Crippen molar-refractivity contribution in [3.8, 4) is 12.3 Å². The van der Waals surface area contributed by atoms with Gasteiger partial charge in [-0.3, -0.25) is 4.79 Å². The topological polar surface area (TPSA) is 84.7 Å². The minimum Gasteiger partial charge on any atom is -0.344 e. The van der Waals surface area contributed by atoms with Crippen LogP contribution in [0.3, 0.4) is 0 Å². The molecule has 7 nitrogen and oxygen atoms in total. The summed E-state index contributed by atoms with van der Waals surface area (Å²) in [5.74, 6) is 2.47. The van der Waals surface area contributed by atoms with Gasteiger partial charge in [0, 0.05) is 12.1 Å². The molecule has 110 valence electrons. The average Bonchev–Trinajstić information content (AvgIpc) is 2.80. The highest BCUT2D eigenvalue weighted by molar-refractivity contribution is 7.99. The van der Waals surface area contributed by atoms with Crippen LogP contribution in [0.2, 0.25) is 0 Å². The van der Waals surface area contributed by atoms with E-state index in [-0.39, 0.29) is 23.7 Å². The van der Waals surface area contributed by atoms with E-state index in [2.05, 4.69) is 52.9 Å². The molecule has 8 heteroatoms. The van der Waals surface area contributed by atoms with Crippen molar-refractivity contribution in [3.63, 3.8) is 0 Å². The molecule has 2 N–H and O–H groups in total. The molecule has 0 unspecified atom stereocenters. The molecule has 0 spiro atoms. The maximum absolute atomic E-state index is 11.4. The second-order valence-corrected chi connectivity index (χ2v) is 6.07. The summed E-state index contributed by atoms with van der Waals surface area (Å²) in [6.45, 7) is 7.93. The first-order valence-corrected chi connectivity index (χ1v) is 7.25. The molecule has 0 saturated heterocycles. The lowest BCUT2D eigenvalue weighted by molar-refractivity contribution is -0.118. The van der Waals surface area contributed by atoms with Crippen molar-refractivity contribution in [3.05, 3.63) is 0 Å². The third-order valence-corrected chi connectivity index (χ3v) is 3.16. The van der Waals surface area contributed by atoms with Gasteiger partial charge in [-0.25, -0.2) is 4.68 Å². The number of tetrazole rings is 1. The Balaban J connectivity index is 2.39. The molecule has 1 aromatic heterocycles. The standard InChI is InChI=1S/C12H20N6OS/c1-5-6-13-10(19)9-20-11-15-16-17-18(11)8-7-14-12(2,3)4/h1,14H,6-9H2,2-4H3,(H,13,19). The molecule has 0 bridgehead atoms. The number of rotatable bonds is 7. The smallest absolute Gasteiger partial charge is 0.231 e. The Bertz CT molecular complexity index is 473. The van der Waals surface area contributed by atoms with E-state index in [1.165, 1.54) is 11.8 Å². The summed E-state index contributed by atoms with van der Waals surface area (Å²) in [4.78, 5) is 11.4. The van der Waals surface area contributed by atoms with E-state index in [9.17, 15) is 4.79 Å². The second-order valence-electron chi connectivity index (χ2n) is 5.13. The molecule has 1 rings (SSSR count). The molecule has 1 amide bonds. The van der Waals surface area contributed by atoms with Crippen LogP contribution in [0.5, 0.6) is 0 Å². The van der Waals surface area contributed by atoms with Crippen LogP contribution in [0.25, 0.3) is 0 Å². The summed E-state index contributed by atoms with van der Waals surface area (Å²) >= 11 is 1.29. The fourth-order valence-corrected chi connectivity index (χ4v) is 2.04. The lowest BCUT2D eigenvalue weighted by Gasteiger charge is -2.20. The van der Waals surface area contributed by atoms with E-state index in [1.54, 1.807) is 4.68 Å². The number of terminal acetylenes is 1. The maximum Gasteiger partial charge on any atom is 0.231 e. The van der Waals surface area contributed by atoms with Gasteiger partial charge in [-0.15, -0.1) is 11.5 Å². The van der Waals surface area contributed by atoms with Crippen molar-refractivity contribution >= 4 is 17.7 Å².